The summed E-state index contributed by atoms with van der Waals surface area (Å²) in [4.78, 5) is 15.0. The van der Waals surface area contributed by atoms with Crippen molar-refractivity contribution in [2.24, 2.45) is 5.92 Å². The second kappa shape index (κ2) is 7.21. The van der Waals surface area contributed by atoms with E-state index < -0.39 is 10.0 Å². The van der Waals surface area contributed by atoms with Crippen LogP contribution >= 0.6 is 0 Å². The standard InChI is InChI=1S/C18H25N5O3S/c1-27(25,26)20-11-17-15-10-14(16-4-2-5-18(24)23(16)17)12-21(13-15)8-9-22-7-3-6-19-22/h2-7,14-15,17,20H,8-13H2,1H3/t14-,15+,17+/m1/s1. The Morgan fingerprint density at radius 2 is 2.07 bits per heavy atom. The van der Waals surface area contributed by atoms with E-state index >= 15 is 0 Å². The first kappa shape index (κ1) is 18.4. The summed E-state index contributed by atoms with van der Waals surface area (Å²) in [6.45, 7) is 3.72. The SMILES string of the molecule is CS(=O)(=O)NC[C@H]1[C@H]2C[C@H](CN(CCn3cccn3)C2)c2cccc(=O)n21. The van der Waals surface area contributed by atoms with Gasteiger partial charge in [-0.3, -0.25) is 9.48 Å². The third-order valence-electron chi connectivity index (χ3n) is 5.63. The number of pyridine rings is 1. The minimum atomic E-state index is -3.31. The fourth-order valence-electron chi connectivity index (χ4n) is 4.49. The minimum absolute atomic E-state index is 0.0486. The van der Waals surface area contributed by atoms with E-state index in [4.69, 9.17) is 0 Å². The smallest absolute Gasteiger partial charge is 0.251 e. The van der Waals surface area contributed by atoms with Crippen LogP contribution in [0, 0.1) is 5.92 Å². The zero-order valence-electron chi connectivity index (χ0n) is 15.4. The molecule has 0 radical (unpaired) electrons. The molecule has 0 aliphatic carbocycles. The molecule has 3 atom stereocenters. The van der Waals surface area contributed by atoms with Gasteiger partial charge in [-0.2, -0.15) is 5.10 Å². The van der Waals surface area contributed by atoms with E-state index in [1.807, 2.05) is 27.6 Å². The van der Waals surface area contributed by atoms with Gasteiger partial charge in [0.15, 0.2) is 0 Å². The lowest BCUT2D eigenvalue weighted by atomic mass is 9.78. The summed E-state index contributed by atoms with van der Waals surface area (Å²) in [6, 6.07) is 7.13. The van der Waals surface area contributed by atoms with Crippen LogP contribution in [0.4, 0.5) is 0 Å². The Morgan fingerprint density at radius 1 is 1.22 bits per heavy atom. The Labute approximate surface area is 158 Å². The van der Waals surface area contributed by atoms with Crippen LogP contribution in [-0.4, -0.2) is 60.1 Å². The van der Waals surface area contributed by atoms with Gasteiger partial charge in [-0.15, -0.1) is 0 Å². The molecule has 2 aromatic heterocycles. The van der Waals surface area contributed by atoms with Crippen LogP contribution in [0.2, 0.25) is 0 Å². The van der Waals surface area contributed by atoms with Gasteiger partial charge in [0.2, 0.25) is 10.0 Å². The average Bonchev–Trinajstić information content (AvgIpc) is 3.13. The highest BCUT2D eigenvalue weighted by Gasteiger charge is 2.40. The van der Waals surface area contributed by atoms with Crippen molar-refractivity contribution >= 4 is 10.0 Å². The average molecular weight is 391 g/mol. The summed E-state index contributed by atoms with van der Waals surface area (Å²) in [6.07, 6.45) is 5.88. The minimum Gasteiger partial charge on any atom is -0.308 e. The van der Waals surface area contributed by atoms with E-state index in [-0.39, 0.29) is 24.1 Å². The van der Waals surface area contributed by atoms with E-state index in [9.17, 15) is 13.2 Å². The maximum atomic E-state index is 12.6. The first-order valence-electron chi connectivity index (χ1n) is 9.26. The molecule has 146 valence electrons. The van der Waals surface area contributed by atoms with Gasteiger partial charge < -0.3 is 9.47 Å². The van der Waals surface area contributed by atoms with Gasteiger partial charge in [0, 0.05) is 56.3 Å². The molecule has 27 heavy (non-hydrogen) atoms. The van der Waals surface area contributed by atoms with Gasteiger partial charge in [0.05, 0.1) is 18.8 Å². The predicted molar refractivity (Wildman–Crippen MR) is 102 cm³/mol. The molecule has 1 N–H and O–H groups in total. The summed E-state index contributed by atoms with van der Waals surface area (Å²) in [5, 5.41) is 4.26. The van der Waals surface area contributed by atoms with Crippen molar-refractivity contribution in [1.29, 1.82) is 0 Å². The first-order chi connectivity index (χ1) is 12.9. The highest BCUT2D eigenvalue weighted by molar-refractivity contribution is 7.88. The number of hydrogen-bond acceptors (Lipinski definition) is 5. The van der Waals surface area contributed by atoms with Gasteiger partial charge in [-0.1, -0.05) is 6.07 Å². The molecule has 4 rings (SSSR count). The van der Waals surface area contributed by atoms with Crippen LogP contribution in [-0.2, 0) is 16.6 Å². The Balaban J connectivity index is 1.58. The van der Waals surface area contributed by atoms with Gasteiger partial charge >= 0.3 is 0 Å². The van der Waals surface area contributed by atoms with Crippen LogP contribution in [0.5, 0.6) is 0 Å². The summed E-state index contributed by atoms with van der Waals surface area (Å²) >= 11 is 0. The zero-order chi connectivity index (χ0) is 19.0. The van der Waals surface area contributed by atoms with Crippen LogP contribution in [0.3, 0.4) is 0 Å². The van der Waals surface area contributed by atoms with Crippen LogP contribution in [0.15, 0.2) is 41.5 Å². The fraction of sp³-hybridized carbons (Fsp3) is 0.556. The molecule has 0 aromatic carbocycles. The maximum absolute atomic E-state index is 12.6. The molecule has 2 bridgehead atoms. The number of hydrogen-bond donors (Lipinski definition) is 1. The van der Waals surface area contributed by atoms with Gasteiger partial charge in [0.25, 0.3) is 5.56 Å². The van der Waals surface area contributed by atoms with Crippen molar-refractivity contribution in [2.75, 3.05) is 32.4 Å². The van der Waals surface area contributed by atoms with Crippen LogP contribution < -0.4 is 10.3 Å². The van der Waals surface area contributed by atoms with E-state index in [1.165, 1.54) is 0 Å². The normalized spacial score (nSPS) is 25.3. The van der Waals surface area contributed by atoms with E-state index in [0.29, 0.717) is 5.92 Å². The molecule has 2 aliphatic heterocycles. The molecular formula is C18H25N5O3S. The maximum Gasteiger partial charge on any atom is 0.251 e. The Kier molecular flexibility index (Phi) is 4.92. The van der Waals surface area contributed by atoms with Gasteiger partial charge in [0.1, 0.15) is 0 Å². The van der Waals surface area contributed by atoms with Crippen LogP contribution in [0.25, 0.3) is 0 Å². The molecule has 2 aliphatic rings. The lowest BCUT2D eigenvalue weighted by molar-refractivity contribution is 0.0886. The monoisotopic (exact) mass is 391 g/mol. The van der Waals surface area contributed by atoms with Gasteiger partial charge in [-0.05, 0) is 24.5 Å². The highest BCUT2D eigenvalue weighted by atomic mass is 32.2. The molecule has 0 saturated carbocycles. The van der Waals surface area contributed by atoms with Crippen molar-refractivity contribution in [3.8, 4) is 0 Å². The molecule has 0 spiro atoms. The number of nitrogens with zero attached hydrogens (tertiary/aromatic N) is 4. The molecule has 9 heteroatoms. The number of nitrogens with one attached hydrogen (secondary N) is 1. The molecule has 0 amide bonds. The largest absolute Gasteiger partial charge is 0.308 e. The number of rotatable bonds is 6. The summed E-state index contributed by atoms with van der Waals surface area (Å²) < 4.78 is 29.6. The molecule has 8 nitrogen and oxygen atoms in total. The van der Waals surface area contributed by atoms with Crippen molar-refractivity contribution in [3.63, 3.8) is 0 Å². The van der Waals surface area contributed by atoms with Crippen molar-refractivity contribution in [2.45, 2.75) is 24.9 Å². The van der Waals surface area contributed by atoms with E-state index in [2.05, 4.69) is 14.7 Å². The topological polar surface area (TPSA) is 89.2 Å². The second-order valence-electron chi connectivity index (χ2n) is 7.57. The van der Waals surface area contributed by atoms with E-state index in [1.54, 1.807) is 18.3 Å². The Bertz CT molecular complexity index is 954. The Morgan fingerprint density at radius 3 is 2.81 bits per heavy atom. The summed E-state index contributed by atoms with van der Waals surface area (Å²) in [5.41, 5.74) is 0.968. The molecular weight excluding hydrogens is 366 g/mol. The van der Waals surface area contributed by atoms with Gasteiger partial charge in [-0.25, -0.2) is 13.1 Å². The third-order valence-corrected chi connectivity index (χ3v) is 6.32. The first-order valence-corrected chi connectivity index (χ1v) is 11.2. The summed E-state index contributed by atoms with van der Waals surface area (Å²) in [7, 11) is -3.31. The number of fused-ring (bicyclic) bond motifs is 4. The number of piperidine rings is 1. The second-order valence-corrected chi connectivity index (χ2v) is 9.40. The molecule has 0 unspecified atom stereocenters. The van der Waals surface area contributed by atoms with E-state index in [0.717, 1.165) is 44.5 Å². The quantitative estimate of drug-likeness (QED) is 0.763. The zero-order valence-corrected chi connectivity index (χ0v) is 16.2. The predicted octanol–water partition coefficient (Wildman–Crippen LogP) is 0.254. The van der Waals surface area contributed by atoms with Crippen molar-refractivity contribution in [3.05, 3.63) is 52.7 Å². The van der Waals surface area contributed by atoms with Crippen molar-refractivity contribution in [1.82, 2.24) is 24.0 Å². The molecule has 1 saturated heterocycles. The molecule has 2 aromatic rings. The molecule has 4 heterocycles. The van der Waals surface area contributed by atoms with Crippen LogP contribution in [0.1, 0.15) is 24.1 Å². The number of aromatic nitrogens is 3. The lowest BCUT2D eigenvalue weighted by Gasteiger charge is -2.47. The highest BCUT2D eigenvalue weighted by Crippen LogP contribution is 2.40. The summed E-state index contributed by atoms with van der Waals surface area (Å²) in [5.74, 6) is 0.535. The third kappa shape index (κ3) is 3.99. The number of likely N-dealkylation sites (tertiary alicyclic amines) is 1. The number of sulfonamides is 1. The fourth-order valence-corrected chi connectivity index (χ4v) is 4.97. The molecule has 1 fully saturated rings. The Hall–Kier alpha value is -1.97. The van der Waals surface area contributed by atoms with Crippen molar-refractivity contribution < 1.29 is 8.42 Å². The lowest BCUT2D eigenvalue weighted by Crippen LogP contribution is -2.52.